The lowest BCUT2D eigenvalue weighted by atomic mass is 10.1. The second kappa shape index (κ2) is 8.09. The van der Waals surface area contributed by atoms with Crippen molar-refractivity contribution in [2.45, 2.75) is 52.0 Å². The normalized spacial score (nSPS) is 12.4. The zero-order valence-corrected chi connectivity index (χ0v) is 12.0. The highest BCUT2D eigenvalue weighted by Gasteiger charge is 2.10. The number of hydrogen-bond acceptors (Lipinski definition) is 3. The van der Waals surface area contributed by atoms with Crippen molar-refractivity contribution >= 4 is 5.82 Å². The Labute approximate surface area is 111 Å². The van der Waals surface area contributed by atoms with Crippen LogP contribution in [0.4, 0.5) is 5.82 Å². The smallest absolute Gasteiger partial charge is 0.131 e. The zero-order valence-electron chi connectivity index (χ0n) is 12.0. The molecule has 102 valence electrons. The summed E-state index contributed by atoms with van der Waals surface area (Å²) in [5, 5.41) is 0. The Hall–Kier alpha value is -1.09. The van der Waals surface area contributed by atoms with Crippen LogP contribution in [0.5, 0.6) is 0 Å². The molecule has 0 bridgehead atoms. The van der Waals surface area contributed by atoms with Crippen LogP contribution in [0.1, 0.15) is 45.1 Å². The van der Waals surface area contributed by atoms with Crippen molar-refractivity contribution < 1.29 is 0 Å². The van der Waals surface area contributed by atoms with E-state index in [9.17, 15) is 0 Å². The van der Waals surface area contributed by atoms with Gasteiger partial charge in [0, 0.05) is 25.8 Å². The maximum Gasteiger partial charge on any atom is 0.131 e. The third kappa shape index (κ3) is 4.65. The largest absolute Gasteiger partial charge is 0.359 e. The predicted molar refractivity (Wildman–Crippen MR) is 79.0 cm³/mol. The average molecular weight is 249 g/mol. The minimum Gasteiger partial charge on any atom is -0.359 e. The van der Waals surface area contributed by atoms with Crippen molar-refractivity contribution in [3.63, 3.8) is 0 Å². The van der Waals surface area contributed by atoms with Crippen LogP contribution in [0.3, 0.4) is 0 Å². The molecule has 1 heterocycles. The lowest BCUT2D eigenvalue weighted by Crippen LogP contribution is -2.25. The van der Waals surface area contributed by atoms with Crippen LogP contribution < -0.4 is 10.6 Å². The summed E-state index contributed by atoms with van der Waals surface area (Å²) in [4.78, 5) is 6.77. The standard InChI is InChI=1S/C15H27N3/c1-4-6-7-11-18(3)15-13(9-8-10-17-15)12-14(16)5-2/h8-10,14H,4-7,11-12,16H2,1-3H3. The summed E-state index contributed by atoms with van der Waals surface area (Å²) in [5.41, 5.74) is 7.32. The van der Waals surface area contributed by atoms with Gasteiger partial charge in [-0.05, 0) is 30.9 Å². The molecule has 18 heavy (non-hydrogen) atoms. The van der Waals surface area contributed by atoms with Crippen LogP contribution in [-0.2, 0) is 6.42 Å². The van der Waals surface area contributed by atoms with E-state index in [1.54, 1.807) is 0 Å². The molecule has 2 N–H and O–H groups in total. The van der Waals surface area contributed by atoms with Gasteiger partial charge in [-0.2, -0.15) is 0 Å². The van der Waals surface area contributed by atoms with Gasteiger partial charge in [-0.25, -0.2) is 4.98 Å². The first-order valence-electron chi connectivity index (χ1n) is 7.09. The number of pyridine rings is 1. The van der Waals surface area contributed by atoms with Crippen molar-refractivity contribution in [3.8, 4) is 0 Å². The van der Waals surface area contributed by atoms with Crippen LogP contribution in [0.15, 0.2) is 18.3 Å². The molecule has 3 heteroatoms. The molecule has 0 aromatic carbocycles. The van der Waals surface area contributed by atoms with Gasteiger partial charge in [0.15, 0.2) is 0 Å². The van der Waals surface area contributed by atoms with Crippen LogP contribution in [0.2, 0.25) is 0 Å². The monoisotopic (exact) mass is 249 g/mol. The van der Waals surface area contributed by atoms with E-state index in [1.807, 2.05) is 12.3 Å². The molecule has 0 spiro atoms. The molecule has 0 aliphatic rings. The summed E-state index contributed by atoms with van der Waals surface area (Å²) in [5.74, 6) is 1.09. The van der Waals surface area contributed by atoms with Crippen molar-refractivity contribution in [3.05, 3.63) is 23.9 Å². The highest BCUT2D eigenvalue weighted by atomic mass is 15.2. The molecule has 1 aromatic rings. The molecule has 0 radical (unpaired) electrons. The van der Waals surface area contributed by atoms with Crippen LogP contribution in [0.25, 0.3) is 0 Å². The lowest BCUT2D eigenvalue weighted by molar-refractivity contribution is 0.641. The lowest BCUT2D eigenvalue weighted by Gasteiger charge is -2.22. The fourth-order valence-electron chi connectivity index (χ4n) is 2.06. The highest BCUT2D eigenvalue weighted by molar-refractivity contribution is 5.46. The summed E-state index contributed by atoms with van der Waals surface area (Å²) in [6.07, 6.45) is 7.55. The van der Waals surface area contributed by atoms with Gasteiger partial charge in [-0.1, -0.05) is 32.8 Å². The highest BCUT2D eigenvalue weighted by Crippen LogP contribution is 2.18. The van der Waals surface area contributed by atoms with Gasteiger partial charge in [-0.3, -0.25) is 0 Å². The van der Waals surface area contributed by atoms with Gasteiger partial charge >= 0.3 is 0 Å². The first-order chi connectivity index (χ1) is 8.69. The predicted octanol–water partition coefficient (Wildman–Crippen LogP) is 2.99. The molecule has 0 fully saturated rings. The molecule has 1 aromatic heterocycles. The molecule has 0 aliphatic heterocycles. The van der Waals surface area contributed by atoms with Gasteiger partial charge in [0.1, 0.15) is 5.82 Å². The summed E-state index contributed by atoms with van der Waals surface area (Å²) in [7, 11) is 2.12. The van der Waals surface area contributed by atoms with E-state index in [0.29, 0.717) is 0 Å². The van der Waals surface area contributed by atoms with Crippen molar-refractivity contribution in [1.29, 1.82) is 0 Å². The Balaban J connectivity index is 2.68. The SMILES string of the molecule is CCCCCN(C)c1ncccc1CC(N)CC. The number of anilines is 1. The summed E-state index contributed by atoms with van der Waals surface area (Å²) < 4.78 is 0. The fraction of sp³-hybridized carbons (Fsp3) is 0.667. The van der Waals surface area contributed by atoms with E-state index in [0.717, 1.165) is 25.2 Å². The van der Waals surface area contributed by atoms with Crippen molar-refractivity contribution in [2.75, 3.05) is 18.5 Å². The minimum atomic E-state index is 0.233. The zero-order chi connectivity index (χ0) is 13.4. The second-order valence-corrected chi connectivity index (χ2v) is 4.99. The third-order valence-electron chi connectivity index (χ3n) is 3.33. The van der Waals surface area contributed by atoms with Crippen molar-refractivity contribution in [1.82, 2.24) is 4.98 Å². The van der Waals surface area contributed by atoms with Gasteiger partial charge < -0.3 is 10.6 Å². The molecule has 0 saturated carbocycles. The summed E-state index contributed by atoms with van der Waals surface area (Å²) in [6.45, 7) is 5.43. The summed E-state index contributed by atoms with van der Waals surface area (Å²) in [6, 6.07) is 4.38. The first-order valence-corrected chi connectivity index (χ1v) is 7.09. The van der Waals surface area contributed by atoms with Gasteiger partial charge in [0.25, 0.3) is 0 Å². The molecule has 3 nitrogen and oxygen atoms in total. The number of unbranched alkanes of at least 4 members (excludes halogenated alkanes) is 2. The van der Waals surface area contributed by atoms with E-state index in [4.69, 9.17) is 5.73 Å². The average Bonchev–Trinajstić information content (AvgIpc) is 2.39. The Kier molecular flexibility index (Phi) is 6.73. The number of nitrogens with two attached hydrogens (primary N) is 1. The number of nitrogens with zero attached hydrogens (tertiary/aromatic N) is 2. The van der Waals surface area contributed by atoms with E-state index in [1.165, 1.54) is 24.8 Å². The van der Waals surface area contributed by atoms with Gasteiger partial charge in [0.05, 0.1) is 0 Å². The topological polar surface area (TPSA) is 42.2 Å². The van der Waals surface area contributed by atoms with E-state index in [-0.39, 0.29) is 6.04 Å². The van der Waals surface area contributed by atoms with E-state index < -0.39 is 0 Å². The second-order valence-electron chi connectivity index (χ2n) is 4.99. The van der Waals surface area contributed by atoms with Crippen LogP contribution in [-0.4, -0.2) is 24.6 Å². The Bertz CT molecular complexity index is 338. The maximum atomic E-state index is 6.05. The molecule has 0 amide bonds. The number of aromatic nitrogens is 1. The quantitative estimate of drug-likeness (QED) is 0.720. The Morgan fingerprint density at radius 2 is 2.11 bits per heavy atom. The Morgan fingerprint density at radius 1 is 1.33 bits per heavy atom. The molecule has 1 unspecified atom stereocenters. The Morgan fingerprint density at radius 3 is 2.78 bits per heavy atom. The maximum absolute atomic E-state index is 6.05. The fourth-order valence-corrected chi connectivity index (χ4v) is 2.06. The van der Waals surface area contributed by atoms with Crippen molar-refractivity contribution in [2.24, 2.45) is 5.73 Å². The summed E-state index contributed by atoms with van der Waals surface area (Å²) >= 11 is 0. The molecule has 0 saturated heterocycles. The molecule has 0 aliphatic carbocycles. The first kappa shape index (κ1) is 15.0. The van der Waals surface area contributed by atoms with Crippen LogP contribution in [0, 0.1) is 0 Å². The number of hydrogen-bond donors (Lipinski definition) is 1. The van der Waals surface area contributed by atoms with Crippen LogP contribution >= 0.6 is 0 Å². The molecular formula is C15H27N3. The molecule has 1 atom stereocenters. The third-order valence-corrected chi connectivity index (χ3v) is 3.33. The molecular weight excluding hydrogens is 222 g/mol. The van der Waals surface area contributed by atoms with E-state index >= 15 is 0 Å². The van der Waals surface area contributed by atoms with Gasteiger partial charge in [-0.15, -0.1) is 0 Å². The minimum absolute atomic E-state index is 0.233. The molecule has 1 rings (SSSR count). The van der Waals surface area contributed by atoms with Gasteiger partial charge in [0.2, 0.25) is 0 Å². The number of rotatable bonds is 8. The van der Waals surface area contributed by atoms with E-state index in [2.05, 4.69) is 36.8 Å².